The number of anilines is 1. The molecule has 5 rings (SSSR count). The zero-order valence-electron chi connectivity index (χ0n) is 22.3. The third kappa shape index (κ3) is 5.06. The van der Waals surface area contributed by atoms with Gasteiger partial charge >= 0.3 is 5.91 Å². The molecule has 0 spiro atoms. The van der Waals surface area contributed by atoms with Crippen molar-refractivity contribution in [3.8, 4) is 17.2 Å². The molecule has 1 fully saturated rings. The lowest BCUT2D eigenvalue weighted by molar-refractivity contribution is -0.132. The summed E-state index contributed by atoms with van der Waals surface area (Å²) in [5.41, 5.74) is 1.94. The predicted molar refractivity (Wildman–Crippen MR) is 147 cm³/mol. The molecule has 1 amide bonds. The number of ether oxygens (including phenoxy) is 3. The summed E-state index contributed by atoms with van der Waals surface area (Å²) in [6, 6.07) is 14.8. The van der Waals surface area contributed by atoms with Crippen molar-refractivity contribution in [3.63, 3.8) is 0 Å². The van der Waals surface area contributed by atoms with Crippen LogP contribution in [-0.4, -0.2) is 41.6 Å². The molecule has 202 valence electrons. The molecular formula is C31H32N2O6. The van der Waals surface area contributed by atoms with Crippen LogP contribution in [0.25, 0.3) is 5.76 Å². The van der Waals surface area contributed by atoms with Crippen LogP contribution in [0.15, 0.2) is 66.4 Å². The number of Topliss-reactive ketones (excluding diaryl/α,β-unsaturated/α-hetero) is 1. The monoisotopic (exact) mass is 528 g/mol. The van der Waals surface area contributed by atoms with Crippen LogP contribution in [0.3, 0.4) is 0 Å². The van der Waals surface area contributed by atoms with Gasteiger partial charge in [0.2, 0.25) is 0 Å². The third-order valence-electron chi connectivity index (χ3n) is 7.02. The largest absolute Gasteiger partial charge is 0.507 e. The highest BCUT2D eigenvalue weighted by atomic mass is 16.5. The van der Waals surface area contributed by atoms with Gasteiger partial charge in [0.05, 0.1) is 25.3 Å². The van der Waals surface area contributed by atoms with Crippen molar-refractivity contribution in [3.05, 3.63) is 83.1 Å². The van der Waals surface area contributed by atoms with E-state index in [0.717, 1.165) is 30.6 Å². The maximum Gasteiger partial charge on any atom is 0.301 e. The number of ketones is 1. The quantitative estimate of drug-likeness (QED) is 0.167. The Morgan fingerprint density at radius 2 is 1.95 bits per heavy atom. The third-order valence-corrected chi connectivity index (χ3v) is 7.02. The molecule has 8 nitrogen and oxygen atoms in total. The lowest BCUT2D eigenvalue weighted by Crippen LogP contribution is -2.30. The number of carbonyl (C=O) groups excluding carboxylic acids is 2. The van der Waals surface area contributed by atoms with Crippen LogP contribution in [-0.2, 0) is 16.0 Å². The summed E-state index contributed by atoms with van der Waals surface area (Å²) in [5, 5.41) is 11.5. The van der Waals surface area contributed by atoms with Crippen molar-refractivity contribution in [1.82, 2.24) is 4.98 Å². The summed E-state index contributed by atoms with van der Waals surface area (Å²) >= 11 is 0. The molecule has 2 aliphatic rings. The van der Waals surface area contributed by atoms with Gasteiger partial charge in [-0.3, -0.25) is 14.5 Å². The lowest BCUT2D eigenvalue weighted by Gasteiger charge is -2.25. The Hall–Kier alpha value is -4.33. The van der Waals surface area contributed by atoms with Crippen molar-refractivity contribution in [2.75, 3.05) is 18.6 Å². The molecule has 2 aliphatic heterocycles. The molecule has 2 atom stereocenters. The Labute approximate surface area is 227 Å². The highest BCUT2D eigenvalue weighted by Crippen LogP contribution is 2.44. The van der Waals surface area contributed by atoms with Crippen LogP contribution in [0.2, 0.25) is 0 Å². The lowest BCUT2D eigenvalue weighted by atomic mass is 9.94. The van der Waals surface area contributed by atoms with Crippen LogP contribution >= 0.6 is 0 Å². The fourth-order valence-electron chi connectivity index (χ4n) is 5.11. The summed E-state index contributed by atoms with van der Waals surface area (Å²) in [6.07, 6.45) is 5.35. The average Bonchev–Trinajstić information content (AvgIpc) is 3.46. The van der Waals surface area contributed by atoms with Gasteiger partial charge in [-0.05, 0) is 66.9 Å². The molecule has 0 radical (unpaired) electrons. The van der Waals surface area contributed by atoms with E-state index < -0.39 is 17.7 Å². The van der Waals surface area contributed by atoms with Crippen LogP contribution < -0.4 is 19.1 Å². The first-order valence-corrected chi connectivity index (χ1v) is 13.3. The molecule has 0 saturated carbocycles. The molecule has 2 unspecified atom stereocenters. The number of aliphatic hydroxyl groups is 1. The Balaban J connectivity index is 1.61. The number of rotatable bonds is 9. The van der Waals surface area contributed by atoms with Crippen molar-refractivity contribution in [2.45, 2.75) is 51.7 Å². The summed E-state index contributed by atoms with van der Waals surface area (Å²) in [6.45, 7) is 4.66. The Bertz CT molecular complexity index is 1420. The second-order valence-corrected chi connectivity index (χ2v) is 9.78. The number of pyridine rings is 1. The highest BCUT2D eigenvalue weighted by Gasteiger charge is 2.47. The number of unbranched alkanes of at least 4 members (excludes halogenated alkanes) is 2. The molecular weight excluding hydrogens is 496 g/mol. The van der Waals surface area contributed by atoms with E-state index in [4.69, 9.17) is 14.2 Å². The van der Waals surface area contributed by atoms with Crippen molar-refractivity contribution < 1.29 is 28.9 Å². The second-order valence-electron chi connectivity index (χ2n) is 9.78. The number of carbonyl (C=O) groups is 2. The number of hydrogen-bond acceptors (Lipinski definition) is 7. The zero-order valence-corrected chi connectivity index (χ0v) is 22.3. The van der Waals surface area contributed by atoms with E-state index in [2.05, 4.69) is 11.9 Å². The van der Waals surface area contributed by atoms with Gasteiger partial charge < -0.3 is 19.3 Å². The number of aromatic nitrogens is 1. The van der Waals surface area contributed by atoms with E-state index in [1.54, 1.807) is 61.8 Å². The van der Waals surface area contributed by atoms with Gasteiger partial charge in [-0.1, -0.05) is 31.9 Å². The molecule has 2 aromatic carbocycles. The van der Waals surface area contributed by atoms with Crippen LogP contribution in [0.5, 0.6) is 17.2 Å². The SMILES string of the molecule is CCCCCOc1ccc(C2C(=C(O)c3ccc4c(c3)CC(C)O4)C(=O)C(=O)N2c2ccccn2)cc1OC. The van der Waals surface area contributed by atoms with Gasteiger partial charge in [0, 0.05) is 18.2 Å². The average molecular weight is 529 g/mol. The first-order valence-electron chi connectivity index (χ1n) is 13.3. The standard InChI is InChI=1S/C31H32N2O6/c1-4-5-8-15-38-24-13-10-20(18-25(24)37-3)28-27(30(35)31(36)33(28)26-9-6-7-14-32-26)29(34)21-11-12-23-22(17-21)16-19(2)39-23/h6-7,9-14,17-19,28,34H,4-5,8,15-16H2,1-3H3. The summed E-state index contributed by atoms with van der Waals surface area (Å²) in [7, 11) is 1.54. The van der Waals surface area contributed by atoms with E-state index in [1.165, 1.54) is 4.90 Å². The summed E-state index contributed by atoms with van der Waals surface area (Å²) in [4.78, 5) is 32.5. The molecule has 39 heavy (non-hydrogen) atoms. The van der Waals surface area contributed by atoms with E-state index >= 15 is 0 Å². The topological polar surface area (TPSA) is 98.2 Å². The Kier molecular flexibility index (Phi) is 7.54. The Morgan fingerprint density at radius 3 is 2.69 bits per heavy atom. The van der Waals surface area contributed by atoms with Gasteiger partial charge in [0.15, 0.2) is 11.5 Å². The number of hydrogen-bond donors (Lipinski definition) is 1. The van der Waals surface area contributed by atoms with Crippen LogP contribution in [0, 0.1) is 0 Å². The summed E-state index contributed by atoms with van der Waals surface area (Å²) in [5.74, 6) is 0.295. The normalized spacial score (nSPS) is 19.6. The first-order chi connectivity index (χ1) is 18.9. The molecule has 1 N–H and O–H groups in total. The number of fused-ring (bicyclic) bond motifs is 1. The number of nitrogens with zero attached hydrogens (tertiary/aromatic N) is 2. The molecule has 3 heterocycles. The smallest absolute Gasteiger partial charge is 0.301 e. The van der Waals surface area contributed by atoms with E-state index in [9.17, 15) is 14.7 Å². The van der Waals surface area contributed by atoms with Gasteiger partial charge in [-0.25, -0.2) is 4.98 Å². The number of aliphatic hydroxyl groups excluding tert-OH is 1. The zero-order chi connectivity index (χ0) is 27.5. The molecule has 1 aromatic heterocycles. The van der Waals surface area contributed by atoms with Crippen LogP contribution in [0.4, 0.5) is 5.82 Å². The molecule has 0 bridgehead atoms. The number of amides is 1. The minimum absolute atomic E-state index is 0.0174. The highest BCUT2D eigenvalue weighted by molar-refractivity contribution is 6.51. The second kappa shape index (κ2) is 11.2. The predicted octanol–water partition coefficient (Wildman–Crippen LogP) is 5.61. The first kappa shape index (κ1) is 26.3. The van der Waals surface area contributed by atoms with Gasteiger partial charge in [-0.15, -0.1) is 0 Å². The maximum atomic E-state index is 13.5. The molecule has 8 heteroatoms. The van der Waals surface area contributed by atoms with Crippen molar-refractivity contribution in [2.24, 2.45) is 0 Å². The molecule has 1 saturated heterocycles. The minimum Gasteiger partial charge on any atom is -0.507 e. The summed E-state index contributed by atoms with van der Waals surface area (Å²) < 4.78 is 17.3. The maximum absolute atomic E-state index is 13.5. The van der Waals surface area contributed by atoms with Gasteiger partial charge in [0.1, 0.15) is 23.4 Å². The minimum atomic E-state index is -0.925. The van der Waals surface area contributed by atoms with Crippen molar-refractivity contribution in [1.29, 1.82) is 0 Å². The number of methoxy groups -OCH3 is 1. The Morgan fingerprint density at radius 1 is 1.10 bits per heavy atom. The van der Waals surface area contributed by atoms with Gasteiger partial charge in [0.25, 0.3) is 5.78 Å². The fourth-order valence-corrected chi connectivity index (χ4v) is 5.11. The molecule has 0 aliphatic carbocycles. The molecule has 3 aromatic rings. The van der Waals surface area contributed by atoms with Crippen LogP contribution in [0.1, 0.15) is 55.8 Å². The van der Waals surface area contributed by atoms with E-state index in [-0.39, 0.29) is 17.4 Å². The van der Waals surface area contributed by atoms with E-state index in [1.807, 2.05) is 13.0 Å². The fraction of sp³-hybridized carbons (Fsp3) is 0.323. The van der Waals surface area contributed by atoms with E-state index in [0.29, 0.717) is 41.5 Å². The van der Waals surface area contributed by atoms with Crippen molar-refractivity contribution >= 4 is 23.3 Å². The number of benzene rings is 2. The van der Waals surface area contributed by atoms with Gasteiger partial charge in [-0.2, -0.15) is 0 Å².